The maximum atomic E-state index is 11.8. The van der Waals surface area contributed by atoms with Crippen LogP contribution in [0.25, 0.3) is 11.4 Å². The lowest BCUT2D eigenvalue weighted by Gasteiger charge is -2.06. The molecule has 0 fully saturated rings. The van der Waals surface area contributed by atoms with Gasteiger partial charge in [-0.25, -0.2) is 4.98 Å². The SMILES string of the molecule is O=C(COc1ccc(Cl)cc1)NCCc1nc(-c2ccccc2)n[nH]1. The summed E-state index contributed by atoms with van der Waals surface area (Å²) in [7, 11) is 0. The highest BCUT2D eigenvalue weighted by Gasteiger charge is 2.07. The Hall–Kier alpha value is -2.86. The average Bonchev–Trinajstić information content (AvgIpc) is 3.11. The number of halogens is 1. The molecule has 0 saturated carbocycles. The molecule has 1 amide bonds. The molecule has 7 heteroatoms. The molecule has 3 aromatic rings. The van der Waals surface area contributed by atoms with Gasteiger partial charge in [0.1, 0.15) is 11.6 Å². The van der Waals surface area contributed by atoms with Crippen molar-refractivity contribution >= 4 is 17.5 Å². The zero-order valence-corrected chi connectivity index (χ0v) is 14.2. The number of aromatic nitrogens is 3. The number of H-pyrrole nitrogens is 1. The van der Waals surface area contributed by atoms with E-state index in [2.05, 4.69) is 20.5 Å². The molecule has 0 spiro atoms. The van der Waals surface area contributed by atoms with Gasteiger partial charge in [0.2, 0.25) is 0 Å². The van der Waals surface area contributed by atoms with E-state index < -0.39 is 0 Å². The summed E-state index contributed by atoms with van der Waals surface area (Å²) < 4.78 is 5.38. The Balaban J connectivity index is 1.41. The second-order valence-corrected chi connectivity index (χ2v) is 5.75. The normalized spacial score (nSPS) is 10.4. The average molecular weight is 357 g/mol. The number of hydrogen-bond donors (Lipinski definition) is 2. The van der Waals surface area contributed by atoms with Gasteiger partial charge in [-0.1, -0.05) is 41.9 Å². The molecule has 0 aliphatic rings. The second-order valence-electron chi connectivity index (χ2n) is 5.31. The van der Waals surface area contributed by atoms with Crippen LogP contribution in [0.4, 0.5) is 0 Å². The molecule has 0 aliphatic carbocycles. The summed E-state index contributed by atoms with van der Waals surface area (Å²) in [5.41, 5.74) is 0.949. The molecule has 2 N–H and O–H groups in total. The third-order valence-electron chi connectivity index (χ3n) is 3.43. The fourth-order valence-corrected chi connectivity index (χ4v) is 2.30. The minimum absolute atomic E-state index is 0.0483. The Morgan fingerprint density at radius 1 is 1.12 bits per heavy atom. The van der Waals surface area contributed by atoms with Crippen molar-refractivity contribution in [2.75, 3.05) is 13.2 Å². The van der Waals surface area contributed by atoms with Gasteiger partial charge in [-0.3, -0.25) is 9.89 Å². The molecule has 0 radical (unpaired) electrons. The lowest BCUT2D eigenvalue weighted by molar-refractivity contribution is -0.123. The lowest BCUT2D eigenvalue weighted by Crippen LogP contribution is -2.30. The summed E-state index contributed by atoms with van der Waals surface area (Å²) in [4.78, 5) is 16.2. The zero-order valence-electron chi connectivity index (χ0n) is 13.4. The van der Waals surface area contributed by atoms with E-state index in [1.54, 1.807) is 24.3 Å². The number of nitrogens with one attached hydrogen (secondary N) is 2. The summed E-state index contributed by atoms with van der Waals surface area (Å²) in [5.74, 6) is 1.77. The van der Waals surface area contributed by atoms with Gasteiger partial charge in [-0.05, 0) is 24.3 Å². The Morgan fingerprint density at radius 3 is 2.64 bits per heavy atom. The van der Waals surface area contributed by atoms with E-state index in [-0.39, 0.29) is 12.5 Å². The molecule has 0 aliphatic heterocycles. The molecule has 1 heterocycles. The minimum Gasteiger partial charge on any atom is -0.484 e. The van der Waals surface area contributed by atoms with E-state index in [0.29, 0.717) is 29.6 Å². The lowest BCUT2D eigenvalue weighted by atomic mass is 10.2. The van der Waals surface area contributed by atoms with Crippen molar-refractivity contribution in [2.24, 2.45) is 0 Å². The molecule has 6 nitrogen and oxygen atoms in total. The molecule has 1 aromatic heterocycles. The van der Waals surface area contributed by atoms with Crippen molar-refractivity contribution in [2.45, 2.75) is 6.42 Å². The van der Waals surface area contributed by atoms with Crippen molar-refractivity contribution < 1.29 is 9.53 Å². The summed E-state index contributed by atoms with van der Waals surface area (Å²) in [6.45, 7) is 0.402. The van der Waals surface area contributed by atoms with Gasteiger partial charge in [0.05, 0.1) is 0 Å². The second kappa shape index (κ2) is 8.30. The largest absolute Gasteiger partial charge is 0.484 e. The number of nitrogens with zero attached hydrogens (tertiary/aromatic N) is 2. The van der Waals surface area contributed by atoms with Crippen molar-refractivity contribution in [3.8, 4) is 17.1 Å². The predicted octanol–water partition coefficient (Wildman–Crippen LogP) is 2.86. The number of aromatic amines is 1. The number of benzene rings is 2. The summed E-state index contributed by atoms with van der Waals surface area (Å²) in [5, 5.41) is 10.5. The van der Waals surface area contributed by atoms with Gasteiger partial charge in [-0.2, -0.15) is 5.10 Å². The third kappa shape index (κ3) is 5.06. The number of hydrogen-bond acceptors (Lipinski definition) is 4. The fourth-order valence-electron chi connectivity index (χ4n) is 2.17. The Morgan fingerprint density at radius 2 is 1.88 bits per heavy atom. The maximum absolute atomic E-state index is 11.8. The van der Waals surface area contributed by atoms with E-state index in [4.69, 9.17) is 16.3 Å². The van der Waals surface area contributed by atoms with Crippen LogP contribution in [0.1, 0.15) is 5.82 Å². The first kappa shape index (κ1) is 17.0. The first-order valence-electron chi connectivity index (χ1n) is 7.82. The highest BCUT2D eigenvalue weighted by molar-refractivity contribution is 6.30. The van der Waals surface area contributed by atoms with Crippen LogP contribution in [0, 0.1) is 0 Å². The number of rotatable bonds is 7. The number of ether oxygens (including phenoxy) is 1. The number of amides is 1. The quantitative estimate of drug-likeness (QED) is 0.682. The van der Waals surface area contributed by atoms with E-state index in [1.807, 2.05) is 30.3 Å². The molecule has 25 heavy (non-hydrogen) atoms. The first-order valence-corrected chi connectivity index (χ1v) is 8.20. The van der Waals surface area contributed by atoms with Gasteiger partial charge in [-0.15, -0.1) is 0 Å². The molecule has 0 saturated heterocycles. The van der Waals surface area contributed by atoms with Crippen LogP contribution in [-0.2, 0) is 11.2 Å². The molecule has 0 atom stereocenters. The molecule has 0 unspecified atom stereocenters. The van der Waals surface area contributed by atoms with Crippen LogP contribution in [0.2, 0.25) is 5.02 Å². The Bertz CT molecular complexity index is 819. The monoisotopic (exact) mass is 356 g/mol. The third-order valence-corrected chi connectivity index (χ3v) is 3.68. The summed E-state index contributed by atoms with van der Waals surface area (Å²) in [6, 6.07) is 16.6. The van der Waals surface area contributed by atoms with Crippen LogP contribution < -0.4 is 10.1 Å². The highest BCUT2D eigenvalue weighted by atomic mass is 35.5. The smallest absolute Gasteiger partial charge is 0.257 e. The Kier molecular flexibility index (Phi) is 5.64. The number of carbonyl (C=O) groups excluding carboxylic acids is 1. The van der Waals surface area contributed by atoms with Crippen LogP contribution in [0.15, 0.2) is 54.6 Å². The van der Waals surface area contributed by atoms with E-state index in [0.717, 1.165) is 11.4 Å². The Labute approximate surface area is 150 Å². The zero-order chi connectivity index (χ0) is 17.5. The minimum atomic E-state index is -0.197. The van der Waals surface area contributed by atoms with Crippen molar-refractivity contribution in [3.05, 3.63) is 65.4 Å². The predicted molar refractivity (Wildman–Crippen MR) is 95.5 cm³/mol. The molecular weight excluding hydrogens is 340 g/mol. The van der Waals surface area contributed by atoms with E-state index in [1.165, 1.54) is 0 Å². The molecule has 3 rings (SSSR count). The first-order chi connectivity index (χ1) is 12.2. The topological polar surface area (TPSA) is 79.9 Å². The molecule has 2 aromatic carbocycles. The van der Waals surface area contributed by atoms with Crippen molar-refractivity contribution in [3.63, 3.8) is 0 Å². The van der Waals surface area contributed by atoms with E-state index >= 15 is 0 Å². The van der Waals surface area contributed by atoms with Crippen LogP contribution >= 0.6 is 11.6 Å². The van der Waals surface area contributed by atoms with Crippen molar-refractivity contribution in [1.82, 2.24) is 20.5 Å². The van der Waals surface area contributed by atoms with Crippen LogP contribution in [0.5, 0.6) is 5.75 Å². The molecular formula is C18H17ClN4O2. The van der Waals surface area contributed by atoms with Gasteiger partial charge in [0, 0.05) is 23.6 Å². The highest BCUT2D eigenvalue weighted by Crippen LogP contribution is 2.15. The number of carbonyl (C=O) groups is 1. The van der Waals surface area contributed by atoms with Gasteiger partial charge in [0.15, 0.2) is 12.4 Å². The van der Waals surface area contributed by atoms with Gasteiger partial charge >= 0.3 is 0 Å². The summed E-state index contributed by atoms with van der Waals surface area (Å²) in [6.07, 6.45) is 0.562. The standard InChI is InChI=1S/C18H17ClN4O2/c19-14-6-8-15(9-7-14)25-12-17(24)20-11-10-16-21-18(23-22-16)13-4-2-1-3-5-13/h1-9H,10-12H2,(H,20,24)(H,21,22,23). The maximum Gasteiger partial charge on any atom is 0.257 e. The fraction of sp³-hybridized carbons (Fsp3) is 0.167. The molecule has 0 bridgehead atoms. The molecule has 128 valence electrons. The van der Waals surface area contributed by atoms with Crippen molar-refractivity contribution in [1.29, 1.82) is 0 Å². The van der Waals surface area contributed by atoms with E-state index in [9.17, 15) is 4.79 Å². The van der Waals surface area contributed by atoms with Crippen LogP contribution in [-0.4, -0.2) is 34.2 Å². The van der Waals surface area contributed by atoms with Gasteiger partial charge in [0.25, 0.3) is 5.91 Å². The van der Waals surface area contributed by atoms with Crippen LogP contribution in [0.3, 0.4) is 0 Å². The summed E-state index contributed by atoms with van der Waals surface area (Å²) >= 11 is 5.79. The van der Waals surface area contributed by atoms with Gasteiger partial charge < -0.3 is 10.1 Å².